The summed E-state index contributed by atoms with van der Waals surface area (Å²) in [6.07, 6.45) is 0. The van der Waals surface area contributed by atoms with Crippen LogP contribution in [-0.4, -0.2) is 24.7 Å². The molecule has 0 aliphatic heterocycles. The van der Waals surface area contributed by atoms with Crippen LogP contribution in [0.25, 0.3) is 0 Å². The van der Waals surface area contributed by atoms with Crippen LogP contribution in [0, 0.1) is 12.7 Å². The Bertz CT molecular complexity index is 541. The Morgan fingerprint density at radius 3 is 2.59 bits per heavy atom. The maximum Gasteiger partial charge on any atom is 0.323 e. The highest BCUT2D eigenvalue weighted by Crippen LogP contribution is 2.18. The Morgan fingerprint density at radius 1 is 1.47 bits per heavy atom. The lowest BCUT2D eigenvalue weighted by Gasteiger charge is -2.12. The summed E-state index contributed by atoms with van der Waals surface area (Å²) in [5.41, 5.74) is 0.408. The van der Waals surface area contributed by atoms with E-state index >= 15 is 0 Å². The van der Waals surface area contributed by atoms with Crippen molar-refractivity contribution in [2.45, 2.75) is 19.1 Å². The molecular formula is C10H12FNO4S. The van der Waals surface area contributed by atoms with Crippen molar-refractivity contribution in [2.75, 3.05) is 4.72 Å². The number of sulfonamides is 1. The van der Waals surface area contributed by atoms with Gasteiger partial charge in [-0.05, 0) is 31.5 Å². The minimum Gasteiger partial charge on any atom is -0.480 e. The molecule has 1 rings (SSSR count). The summed E-state index contributed by atoms with van der Waals surface area (Å²) in [6.45, 7) is 2.68. The van der Waals surface area contributed by atoms with E-state index in [4.69, 9.17) is 5.11 Å². The lowest BCUT2D eigenvalue weighted by atomic mass is 10.2. The maximum atomic E-state index is 13.3. The quantitative estimate of drug-likeness (QED) is 0.857. The second kappa shape index (κ2) is 4.70. The van der Waals surface area contributed by atoms with E-state index in [1.165, 1.54) is 12.1 Å². The van der Waals surface area contributed by atoms with Gasteiger partial charge < -0.3 is 5.11 Å². The van der Waals surface area contributed by atoms with Gasteiger partial charge in [0.05, 0.1) is 5.69 Å². The zero-order valence-corrected chi connectivity index (χ0v) is 10.1. The molecule has 0 bridgehead atoms. The number of benzene rings is 1. The van der Waals surface area contributed by atoms with Crippen LogP contribution >= 0.6 is 0 Å². The molecule has 0 aliphatic rings. The molecule has 94 valence electrons. The molecule has 0 aromatic heterocycles. The molecule has 0 saturated carbocycles. The molecule has 0 aliphatic carbocycles. The predicted octanol–water partition coefficient (Wildman–Crippen LogP) is 1.35. The van der Waals surface area contributed by atoms with Crippen LogP contribution in [0.2, 0.25) is 0 Å². The van der Waals surface area contributed by atoms with Gasteiger partial charge in [-0.2, -0.15) is 0 Å². The molecule has 0 spiro atoms. The van der Waals surface area contributed by atoms with E-state index in [2.05, 4.69) is 0 Å². The average molecular weight is 261 g/mol. The summed E-state index contributed by atoms with van der Waals surface area (Å²) in [6, 6.07) is 3.88. The Kier molecular flexibility index (Phi) is 3.72. The van der Waals surface area contributed by atoms with Gasteiger partial charge in [0, 0.05) is 0 Å². The van der Waals surface area contributed by atoms with Crippen molar-refractivity contribution in [2.24, 2.45) is 0 Å². The second-order valence-corrected chi connectivity index (χ2v) is 5.61. The lowest BCUT2D eigenvalue weighted by Crippen LogP contribution is -2.32. The standard InChI is InChI=1S/C10H12FNO4S/c1-6-3-4-8(11)9(5-6)12-17(15,16)7(2)10(13)14/h3-5,7,12H,1-2H3,(H,13,14). The smallest absolute Gasteiger partial charge is 0.323 e. The number of carboxylic acids is 1. The van der Waals surface area contributed by atoms with E-state index in [1.54, 1.807) is 6.92 Å². The van der Waals surface area contributed by atoms with Gasteiger partial charge in [-0.3, -0.25) is 9.52 Å². The molecule has 1 atom stereocenters. The Labute approximate surface area is 98.3 Å². The molecule has 0 radical (unpaired) electrons. The Balaban J connectivity index is 3.06. The molecule has 0 saturated heterocycles. The molecule has 5 nitrogen and oxygen atoms in total. The van der Waals surface area contributed by atoms with Crippen LogP contribution in [0.15, 0.2) is 18.2 Å². The van der Waals surface area contributed by atoms with Crippen LogP contribution in [-0.2, 0) is 14.8 Å². The molecule has 1 unspecified atom stereocenters. The molecule has 2 N–H and O–H groups in total. The Hall–Kier alpha value is -1.63. The van der Waals surface area contributed by atoms with Gasteiger partial charge in [-0.25, -0.2) is 12.8 Å². The topological polar surface area (TPSA) is 83.5 Å². The zero-order valence-electron chi connectivity index (χ0n) is 9.27. The van der Waals surface area contributed by atoms with Gasteiger partial charge in [-0.1, -0.05) is 6.07 Å². The largest absolute Gasteiger partial charge is 0.480 e. The van der Waals surface area contributed by atoms with E-state index in [1.807, 2.05) is 4.72 Å². The number of nitrogens with one attached hydrogen (secondary N) is 1. The van der Waals surface area contributed by atoms with Gasteiger partial charge in [0.25, 0.3) is 0 Å². The molecule has 0 fully saturated rings. The van der Waals surface area contributed by atoms with Crippen molar-refractivity contribution >= 4 is 21.7 Å². The third-order valence-corrected chi connectivity index (χ3v) is 3.82. The maximum absolute atomic E-state index is 13.3. The summed E-state index contributed by atoms with van der Waals surface area (Å²) in [7, 11) is -4.14. The SMILES string of the molecule is Cc1ccc(F)c(NS(=O)(=O)C(C)C(=O)O)c1. The molecule has 1 aromatic carbocycles. The molecule has 0 amide bonds. The summed E-state index contributed by atoms with van der Waals surface area (Å²) in [5, 5.41) is 6.96. The molecule has 7 heteroatoms. The summed E-state index contributed by atoms with van der Waals surface area (Å²) < 4.78 is 38.3. The number of hydrogen-bond donors (Lipinski definition) is 2. The van der Waals surface area contributed by atoms with Crippen LogP contribution < -0.4 is 4.72 Å². The van der Waals surface area contributed by atoms with Crippen molar-refractivity contribution in [3.8, 4) is 0 Å². The minimum atomic E-state index is -4.14. The number of aliphatic carboxylic acids is 1. The summed E-state index contributed by atoms with van der Waals surface area (Å²) in [5.74, 6) is -2.25. The second-order valence-electron chi connectivity index (χ2n) is 3.61. The van der Waals surface area contributed by atoms with Gasteiger partial charge in [-0.15, -0.1) is 0 Å². The third kappa shape index (κ3) is 3.16. The van der Waals surface area contributed by atoms with E-state index < -0.39 is 27.1 Å². The van der Waals surface area contributed by atoms with Crippen molar-refractivity contribution in [3.05, 3.63) is 29.6 Å². The van der Waals surface area contributed by atoms with Gasteiger partial charge in [0.1, 0.15) is 5.82 Å². The number of halogens is 1. The van der Waals surface area contributed by atoms with Crippen LogP contribution in [0.3, 0.4) is 0 Å². The monoisotopic (exact) mass is 261 g/mol. The third-order valence-electron chi connectivity index (χ3n) is 2.19. The molecule has 17 heavy (non-hydrogen) atoms. The predicted molar refractivity (Wildman–Crippen MR) is 60.8 cm³/mol. The Morgan fingerprint density at radius 2 is 2.06 bits per heavy atom. The average Bonchev–Trinajstić information content (AvgIpc) is 2.21. The number of rotatable bonds is 4. The first-order valence-electron chi connectivity index (χ1n) is 4.74. The number of carboxylic acid groups (broad SMARTS) is 1. The highest BCUT2D eigenvalue weighted by Gasteiger charge is 2.28. The fraction of sp³-hybridized carbons (Fsp3) is 0.300. The molecule has 1 aromatic rings. The number of anilines is 1. The fourth-order valence-electron chi connectivity index (χ4n) is 1.09. The van der Waals surface area contributed by atoms with E-state index in [0.29, 0.717) is 5.56 Å². The van der Waals surface area contributed by atoms with Crippen molar-refractivity contribution < 1.29 is 22.7 Å². The highest BCUT2D eigenvalue weighted by atomic mass is 32.2. The fourth-order valence-corrected chi connectivity index (χ4v) is 2.00. The minimum absolute atomic E-state index is 0.252. The molecule has 0 heterocycles. The first kappa shape index (κ1) is 13.4. The zero-order chi connectivity index (χ0) is 13.2. The van der Waals surface area contributed by atoms with Gasteiger partial charge in [0.15, 0.2) is 5.25 Å². The summed E-state index contributed by atoms with van der Waals surface area (Å²) in [4.78, 5) is 10.6. The van der Waals surface area contributed by atoms with E-state index in [-0.39, 0.29) is 5.69 Å². The van der Waals surface area contributed by atoms with Crippen molar-refractivity contribution in [3.63, 3.8) is 0 Å². The lowest BCUT2D eigenvalue weighted by molar-refractivity contribution is -0.136. The molecular weight excluding hydrogens is 249 g/mol. The van der Waals surface area contributed by atoms with Crippen molar-refractivity contribution in [1.29, 1.82) is 0 Å². The van der Waals surface area contributed by atoms with Crippen LogP contribution in [0.1, 0.15) is 12.5 Å². The summed E-state index contributed by atoms with van der Waals surface area (Å²) >= 11 is 0. The first-order valence-corrected chi connectivity index (χ1v) is 6.29. The number of carbonyl (C=O) groups is 1. The van der Waals surface area contributed by atoms with E-state index in [9.17, 15) is 17.6 Å². The van der Waals surface area contributed by atoms with Gasteiger partial charge in [0.2, 0.25) is 10.0 Å². The first-order chi connectivity index (χ1) is 7.74. The number of hydrogen-bond acceptors (Lipinski definition) is 3. The van der Waals surface area contributed by atoms with Crippen molar-refractivity contribution in [1.82, 2.24) is 0 Å². The highest BCUT2D eigenvalue weighted by molar-refractivity contribution is 7.94. The van der Waals surface area contributed by atoms with Crippen LogP contribution in [0.4, 0.5) is 10.1 Å². The van der Waals surface area contributed by atoms with Crippen LogP contribution in [0.5, 0.6) is 0 Å². The number of aryl methyl sites for hydroxylation is 1. The van der Waals surface area contributed by atoms with Gasteiger partial charge >= 0.3 is 5.97 Å². The van der Waals surface area contributed by atoms with E-state index in [0.717, 1.165) is 13.0 Å². The normalized spacial score (nSPS) is 13.1.